The summed E-state index contributed by atoms with van der Waals surface area (Å²) in [5.41, 5.74) is 2.75. The fourth-order valence-electron chi connectivity index (χ4n) is 1.96. The molecule has 100 valence electrons. The number of benzene rings is 1. The van der Waals surface area contributed by atoms with Gasteiger partial charge < -0.3 is 10.6 Å². The van der Waals surface area contributed by atoms with Gasteiger partial charge in [-0.2, -0.15) is 0 Å². The van der Waals surface area contributed by atoms with Crippen LogP contribution in [0, 0.1) is 10.1 Å². The van der Waals surface area contributed by atoms with Gasteiger partial charge in [0.05, 0.1) is 10.6 Å². The predicted molar refractivity (Wildman–Crippen MR) is 73.4 cm³/mol. The molecule has 0 saturated carbocycles. The zero-order valence-electron chi connectivity index (χ0n) is 10.7. The normalized spacial score (nSPS) is 13.4. The SMILES string of the molecule is C=C(C)CNc1cc2c(cc1[N+](=O)[O-])NC(=O)CC2. The van der Waals surface area contributed by atoms with Crippen molar-refractivity contribution < 1.29 is 9.72 Å². The number of nitrogens with one attached hydrogen (secondary N) is 2. The maximum Gasteiger partial charge on any atom is 0.294 e. The Balaban J connectivity index is 2.38. The van der Waals surface area contributed by atoms with Gasteiger partial charge in [0.15, 0.2) is 0 Å². The summed E-state index contributed by atoms with van der Waals surface area (Å²) in [5.74, 6) is -0.107. The van der Waals surface area contributed by atoms with Crippen LogP contribution in [0.25, 0.3) is 0 Å². The Hall–Kier alpha value is -2.37. The lowest BCUT2D eigenvalue weighted by molar-refractivity contribution is -0.383. The molecule has 0 unspecified atom stereocenters. The van der Waals surface area contributed by atoms with Crippen molar-refractivity contribution in [1.29, 1.82) is 0 Å². The van der Waals surface area contributed by atoms with Crippen molar-refractivity contribution in [1.82, 2.24) is 0 Å². The lowest BCUT2D eigenvalue weighted by atomic mass is 10.0. The molecule has 1 amide bonds. The zero-order chi connectivity index (χ0) is 14.0. The third-order valence-electron chi connectivity index (χ3n) is 2.89. The quantitative estimate of drug-likeness (QED) is 0.495. The number of fused-ring (bicyclic) bond motifs is 1. The number of rotatable bonds is 4. The third-order valence-corrected chi connectivity index (χ3v) is 2.89. The molecule has 2 rings (SSSR count). The van der Waals surface area contributed by atoms with E-state index >= 15 is 0 Å². The van der Waals surface area contributed by atoms with E-state index in [1.807, 2.05) is 6.92 Å². The number of hydrogen-bond acceptors (Lipinski definition) is 4. The fourth-order valence-corrected chi connectivity index (χ4v) is 1.96. The first-order valence-corrected chi connectivity index (χ1v) is 5.97. The Morgan fingerprint density at radius 1 is 1.53 bits per heavy atom. The summed E-state index contributed by atoms with van der Waals surface area (Å²) < 4.78 is 0. The summed E-state index contributed by atoms with van der Waals surface area (Å²) in [7, 11) is 0. The summed E-state index contributed by atoms with van der Waals surface area (Å²) in [6.45, 7) is 6.08. The molecule has 0 bridgehead atoms. The Morgan fingerprint density at radius 2 is 2.26 bits per heavy atom. The average molecular weight is 261 g/mol. The summed E-state index contributed by atoms with van der Waals surface area (Å²) in [6, 6.07) is 3.14. The monoisotopic (exact) mass is 261 g/mol. The molecule has 1 heterocycles. The fraction of sp³-hybridized carbons (Fsp3) is 0.308. The molecule has 0 saturated heterocycles. The Bertz CT molecular complexity index is 566. The minimum atomic E-state index is -0.457. The summed E-state index contributed by atoms with van der Waals surface area (Å²) in [4.78, 5) is 21.9. The van der Waals surface area contributed by atoms with Crippen molar-refractivity contribution in [2.45, 2.75) is 19.8 Å². The highest BCUT2D eigenvalue weighted by molar-refractivity contribution is 5.95. The van der Waals surface area contributed by atoms with Crippen LogP contribution in [-0.4, -0.2) is 17.4 Å². The van der Waals surface area contributed by atoms with Gasteiger partial charge in [0, 0.05) is 19.0 Å². The number of carbonyl (C=O) groups is 1. The van der Waals surface area contributed by atoms with Crippen LogP contribution < -0.4 is 10.6 Å². The number of amides is 1. The lowest BCUT2D eigenvalue weighted by Crippen LogP contribution is -2.19. The number of nitrogens with zero attached hydrogens (tertiary/aromatic N) is 1. The van der Waals surface area contributed by atoms with Gasteiger partial charge in [0.25, 0.3) is 5.69 Å². The van der Waals surface area contributed by atoms with E-state index in [-0.39, 0.29) is 11.6 Å². The van der Waals surface area contributed by atoms with Crippen molar-refractivity contribution in [2.24, 2.45) is 0 Å². The molecule has 1 aromatic rings. The predicted octanol–water partition coefficient (Wildman–Crippen LogP) is 2.47. The Labute approximate surface area is 110 Å². The number of hydrogen-bond donors (Lipinski definition) is 2. The molecule has 0 fully saturated rings. The number of nitro benzene ring substituents is 1. The Morgan fingerprint density at radius 3 is 2.89 bits per heavy atom. The van der Waals surface area contributed by atoms with Crippen molar-refractivity contribution in [3.05, 3.63) is 40.0 Å². The smallest absolute Gasteiger partial charge is 0.294 e. The van der Waals surface area contributed by atoms with Gasteiger partial charge in [-0.05, 0) is 25.0 Å². The van der Waals surface area contributed by atoms with Crippen LogP contribution in [0.1, 0.15) is 18.9 Å². The first-order valence-electron chi connectivity index (χ1n) is 5.97. The molecule has 0 aliphatic carbocycles. The second-order valence-electron chi connectivity index (χ2n) is 4.64. The van der Waals surface area contributed by atoms with Gasteiger partial charge in [-0.15, -0.1) is 0 Å². The van der Waals surface area contributed by atoms with Crippen molar-refractivity contribution in [2.75, 3.05) is 17.2 Å². The molecule has 0 radical (unpaired) electrons. The van der Waals surface area contributed by atoms with Gasteiger partial charge in [-0.1, -0.05) is 12.2 Å². The highest BCUT2D eigenvalue weighted by Crippen LogP contribution is 2.34. The lowest BCUT2D eigenvalue weighted by Gasteiger charge is -2.18. The molecule has 6 heteroatoms. The van der Waals surface area contributed by atoms with Gasteiger partial charge in [-0.25, -0.2) is 0 Å². The molecular formula is C13H15N3O3. The summed E-state index contributed by atoms with van der Waals surface area (Å²) >= 11 is 0. The maximum absolute atomic E-state index is 11.3. The first kappa shape index (κ1) is 13.1. The molecule has 0 aromatic heterocycles. The van der Waals surface area contributed by atoms with Crippen LogP contribution in [0.4, 0.5) is 17.1 Å². The first-order chi connectivity index (χ1) is 8.97. The number of aryl methyl sites for hydroxylation is 1. The number of anilines is 2. The average Bonchev–Trinajstić information content (AvgIpc) is 2.35. The van der Waals surface area contributed by atoms with Crippen LogP contribution in [0.3, 0.4) is 0 Å². The summed E-state index contributed by atoms with van der Waals surface area (Å²) in [6.07, 6.45) is 1.01. The van der Waals surface area contributed by atoms with Crippen LogP contribution >= 0.6 is 0 Å². The van der Waals surface area contributed by atoms with Gasteiger partial charge in [0.2, 0.25) is 5.91 Å². The van der Waals surface area contributed by atoms with Crippen molar-refractivity contribution >= 4 is 23.0 Å². The number of nitro groups is 1. The molecule has 1 aromatic carbocycles. The van der Waals surface area contributed by atoms with Crippen LogP contribution in [0.5, 0.6) is 0 Å². The van der Waals surface area contributed by atoms with E-state index in [0.717, 1.165) is 11.1 Å². The van der Waals surface area contributed by atoms with E-state index in [1.54, 1.807) is 6.07 Å². The van der Waals surface area contributed by atoms with Crippen LogP contribution in [-0.2, 0) is 11.2 Å². The van der Waals surface area contributed by atoms with E-state index in [4.69, 9.17) is 0 Å². The van der Waals surface area contributed by atoms with Gasteiger partial charge in [0.1, 0.15) is 5.69 Å². The van der Waals surface area contributed by atoms with Gasteiger partial charge in [-0.3, -0.25) is 14.9 Å². The van der Waals surface area contributed by atoms with E-state index in [1.165, 1.54) is 6.07 Å². The zero-order valence-corrected chi connectivity index (χ0v) is 10.7. The molecular weight excluding hydrogens is 246 g/mol. The molecule has 19 heavy (non-hydrogen) atoms. The maximum atomic E-state index is 11.3. The number of carbonyl (C=O) groups excluding carboxylic acids is 1. The Kier molecular flexibility index (Phi) is 3.50. The molecule has 1 aliphatic rings. The second-order valence-corrected chi connectivity index (χ2v) is 4.64. The van der Waals surface area contributed by atoms with Crippen LogP contribution in [0.2, 0.25) is 0 Å². The van der Waals surface area contributed by atoms with E-state index in [2.05, 4.69) is 17.2 Å². The summed E-state index contributed by atoms with van der Waals surface area (Å²) in [5, 5.41) is 16.7. The topological polar surface area (TPSA) is 84.3 Å². The standard InChI is InChI=1S/C13H15N3O3/c1-8(2)7-14-11-5-9-3-4-13(17)15-10(9)6-12(11)16(18)19/h5-6,14H,1,3-4,7H2,2H3,(H,15,17). The molecule has 2 N–H and O–H groups in total. The third kappa shape index (κ3) is 2.90. The molecule has 6 nitrogen and oxygen atoms in total. The largest absolute Gasteiger partial charge is 0.376 e. The van der Waals surface area contributed by atoms with Crippen molar-refractivity contribution in [3.63, 3.8) is 0 Å². The molecule has 0 atom stereocenters. The molecule has 1 aliphatic heterocycles. The minimum Gasteiger partial charge on any atom is -0.376 e. The van der Waals surface area contributed by atoms with E-state index < -0.39 is 4.92 Å². The van der Waals surface area contributed by atoms with E-state index in [0.29, 0.717) is 30.8 Å². The van der Waals surface area contributed by atoms with Crippen LogP contribution in [0.15, 0.2) is 24.3 Å². The highest BCUT2D eigenvalue weighted by Gasteiger charge is 2.22. The molecule has 0 spiro atoms. The highest BCUT2D eigenvalue weighted by atomic mass is 16.6. The van der Waals surface area contributed by atoms with Crippen molar-refractivity contribution in [3.8, 4) is 0 Å². The van der Waals surface area contributed by atoms with E-state index in [9.17, 15) is 14.9 Å². The minimum absolute atomic E-state index is 0.0396. The van der Waals surface area contributed by atoms with Gasteiger partial charge >= 0.3 is 0 Å². The second kappa shape index (κ2) is 5.09.